The third-order valence-corrected chi connectivity index (χ3v) is 7.18. The normalized spacial score (nSPS) is 21.8. The van der Waals surface area contributed by atoms with Gasteiger partial charge in [-0.2, -0.15) is 0 Å². The van der Waals surface area contributed by atoms with Crippen LogP contribution in [0.2, 0.25) is 5.02 Å². The van der Waals surface area contributed by atoms with Crippen LogP contribution in [0.4, 0.5) is 5.82 Å². The number of amides is 1. The van der Waals surface area contributed by atoms with Gasteiger partial charge in [-0.25, -0.2) is 9.78 Å². The number of pyridine rings is 1. The van der Waals surface area contributed by atoms with Crippen molar-refractivity contribution in [2.45, 2.75) is 31.2 Å². The first-order valence-corrected chi connectivity index (χ1v) is 12.8. The van der Waals surface area contributed by atoms with Crippen molar-refractivity contribution in [3.8, 4) is 5.69 Å². The van der Waals surface area contributed by atoms with Gasteiger partial charge in [-0.3, -0.25) is 4.79 Å². The van der Waals surface area contributed by atoms with Gasteiger partial charge in [0.2, 0.25) is 5.91 Å². The molecule has 5 rings (SSSR count). The molecule has 2 aromatic heterocycles. The standard InChI is InChI=1S/C29H28ClN3O6/c1-37-24-7-3-5-19(28(24)38-2)27-20-16-18(30)8-9-21(20)33-14-4-6-22(33)23(39-27)10-11-26(34)32-25-15-17(29(35)36)12-13-31-25/h3-9,12-16,19,23,27-28H,10-11H2,1-2H3,(H,35,36)(H,31,32,34)/t19?,23?,27-,28?/m1/s1. The quantitative estimate of drug-likeness (QED) is 0.382. The van der Waals surface area contributed by atoms with E-state index < -0.39 is 18.2 Å². The number of nitrogens with one attached hydrogen (secondary N) is 1. The molecule has 1 amide bonds. The molecule has 1 aliphatic heterocycles. The summed E-state index contributed by atoms with van der Waals surface area (Å²) < 4.78 is 20.3. The van der Waals surface area contributed by atoms with E-state index in [4.69, 9.17) is 25.8 Å². The van der Waals surface area contributed by atoms with Gasteiger partial charge in [-0.15, -0.1) is 0 Å². The van der Waals surface area contributed by atoms with Crippen LogP contribution >= 0.6 is 11.6 Å². The lowest BCUT2D eigenvalue weighted by Gasteiger charge is -2.34. The molecule has 0 saturated carbocycles. The number of halogens is 1. The molecule has 0 radical (unpaired) electrons. The average Bonchev–Trinajstić information content (AvgIpc) is 3.38. The number of fused-ring (bicyclic) bond motifs is 3. The molecule has 0 bridgehead atoms. The number of aromatic carboxylic acids is 1. The Kier molecular flexibility index (Phi) is 7.83. The van der Waals surface area contributed by atoms with Crippen LogP contribution in [-0.2, 0) is 19.0 Å². The van der Waals surface area contributed by atoms with Gasteiger partial charge in [0.1, 0.15) is 17.7 Å². The van der Waals surface area contributed by atoms with Gasteiger partial charge in [-0.05, 0) is 55.0 Å². The summed E-state index contributed by atoms with van der Waals surface area (Å²) in [7, 11) is 3.25. The molecule has 0 fully saturated rings. The lowest BCUT2D eigenvalue weighted by Crippen LogP contribution is -2.33. The minimum Gasteiger partial charge on any atom is -0.498 e. The number of carboxylic acids is 1. The molecule has 0 spiro atoms. The lowest BCUT2D eigenvalue weighted by atomic mass is 9.86. The first-order valence-electron chi connectivity index (χ1n) is 12.5. The molecule has 3 unspecified atom stereocenters. The maximum absolute atomic E-state index is 12.9. The maximum Gasteiger partial charge on any atom is 0.335 e. The Morgan fingerprint density at radius 3 is 2.82 bits per heavy atom. The summed E-state index contributed by atoms with van der Waals surface area (Å²) in [6.07, 6.45) is 8.36. The van der Waals surface area contributed by atoms with Crippen molar-refractivity contribution in [2.24, 2.45) is 5.92 Å². The molecule has 10 heteroatoms. The molecule has 39 heavy (non-hydrogen) atoms. The summed E-state index contributed by atoms with van der Waals surface area (Å²) in [4.78, 5) is 28.2. The van der Waals surface area contributed by atoms with Crippen LogP contribution in [0.25, 0.3) is 5.69 Å². The summed E-state index contributed by atoms with van der Waals surface area (Å²) in [6, 6.07) is 12.3. The smallest absolute Gasteiger partial charge is 0.335 e. The van der Waals surface area contributed by atoms with Gasteiger partial charge in [0.15, 0.2) is 0 Å². The second-order valence-electron chi connectivity index (χ2n) is 9.26. The molecule has 0 saturated heterocycles. The lowest BCUT2D eigenvalue weighted by molar-refractivity contribution is -0.118. The predicted octanol–water partition coefficient (Wildman–Crippen LogP) is 5.49. The molecule has 202 valence electrons. The van der Waals surface area contributed by atoms with E-state index in [0.29, 0.717) is 17.2 Å². The fourth-order valence-electron chi connectivity index (χ4n) is 5.16. The van der Waals surface area contributed by atoms with Crippen LogP contribution in [0, 0.1) is 5.92 Å². The number of benzene rings is 1. The molecule has 1 aliphatic carbocycles. The Labute approximate surface area is 230 Å². The minimum atomic E-state index is -1.09. The zero-order valence-corrected chi connectivity index (χ0v) is 22.2. The van der Waals surface area contributed by atoms with E-state index in [9.17, 15) is 14.7 Å². The van der Waals surface area contributed by atoms with Crippen molar-refractivity contribution in [2.75, 3.05) is 19.5 Å². The fourth-order valence-corrected chi connectivity index (χ4v) is 5.34. The number of anilines is 1. The zero-order chi connectivity index (χ0) is 27.5. The van der Waals surface area contributed by atoms with Gasteiger partial charge in [0.25, 0.3) is 0 Å². The van der Waals surface area contributed by atoms with Gasteiger partial charge in [0.05, 0.1) is 36.3 Å². The van der Waals surface area contributed by atoms with E-state index in [-0.39, 0.29) is 35.7 Å². The van der Waals surface area contributed by atoms with Crippen LogP contribution in [0.15, 0.2) is 78.8 Å². The van der Waals surface area contributed by atoms with E-state index in [1.165, 1.54) is 18.3 Å². The number of rotatable bonds is 8. The third kappa shape index (κ3) is 5.47. The number of hydrogen-bond acceptors (Lipinski definition) is 6. The number of carbonyl (C=O) groups excluding carboxylic acids is 1. The van der Waals surface area contributed by atoms with Crippen LogP contribution < -0.4 is 5.32 Å². The highest BCUT2D eigenvalue weighted by Gasteiger charge is 2.39. The van der Waals surface area contributed by atoms with Crippen molar-refractivity contribution in [3.05, 3.63) is 101 Å². The fraction of sp³-hybridized carbons (Fsp3) is 0.276. The second kappa shape index (κ2) is 11.4. The molecule has 3 aromatic rings. The second-order valence-corrected chi connectivity index (χ2v) is 9.70. The molecule has 9 nitrogen and oxygen atoms in total. The topological polar surface area (TPSA) is 112 Å². The van der Waals surface area contributed by atoms with Crippen LogP contribution in [0.1, 0.15) is 46.7 Å². The number of carbonyl (C=O) groups is 2. The largest absolute Gasteiger partial charge is 0.498 e. The number of aromatic nitrogens is 2. The Bertz CT molecular complexity index is 1450. The Hall–Kier alpha value is -3.92. The Balaban J connectivity index is 1.44. The van der Waals surface area contributed by atoms with Gasteiger partial charge < -0.3 is 29.2 Å². The number of methoxy groups -OCH3 is 2. The number of nitrogens with zero attached hydrogens (tertiary/aromatic N) is 2. The first kappa shape index (κ1) is 26.7. The van der Waals surface area contributed by atoms with E-state index in [1.807, 2.05) is 54.8 Å². The predicted molar refractivity (Wildman–Crippen MR) is 145 cm³/mol. The van der Waals surface area contributed by atoms with Crippen molar-refractivity contribution in [3.63, 3.8) is 0 Å². The van der Waals surface area contributed by atoms with Crippen LogP contribution in [0.5, 0.6) is 0 Å². The molecule has 1 aromatic carbocycles. The first-order chi connectivity index (χ1) is 18.9. The number of ether oxygens (including phenoxy) is 3. The zero-order valence-electron chi connectivity index (χ0n) is 21.4. The van der Waals surface area contributed by atoms with Gasteiger partial charge >= 0.3 is 5.97 Å². The Morgan fingerprint density at radius 2 is 2.05 bits per heavy atom. The van der Waals surface area contributed by atoms with E-state index in [2.05, 4.69) is 14.9 Å². The molecular weight excluding hydrogens is 522 g/mol. The summed E-state index contributed by atoms with van der Waals surface area (Å²) in [5, 5.41) is 12.5. The van der Waals surface area contributed by atoms with E-state index >= 15 is 0 Å². The van der Waals surface area contributed by atoms with Gasteiger partial charge in [-0.1, -0.05) is 23.8 Å². The van der Waals surface area contributed by atoms with Crippen molar-refractivity contribution < 1.29 is 28.9 Å². The SMILES string of the molecule is COC1=CC=CC([C@H]2OC(CCC(=O)Nc3cc(C(=O)O)ccn3)c3cccn3-c3ccc(Cl)cc32)C1OC. The summed E-state index contributed by atoms with van der Waals surface area (Å²) in [6.45, 7) is 0. The van der Waals surface area contributed by atoms with Crippen molar-refractivity contribution >= 4 is 29.3 Å². The molecule has 2 aliphatic rings. The van der Waals surface area contributed by atoms with Crippen LogP contribution in [0.3, 0.4) is 0 Å². The van der Waals surface area contributed by atoms with Crippen molar-refractivity contribution in [1.82, 2.24) is 9.55 Å². The third-order valence-electron chi connectivity index (χ3n) is 6.95. The van der Waals surface area contributed by atoms with Gasteiger partial charge in [0, 0.05) is 42.4 Å². The molecule has 3 heterocycles. The van der Waals surface area contributed by atoms with E-state index in [1.54, 1.807) is 14.2 Å². The maximum atomic E-state index is 12.9. The number of carboxylic acid groups (broad SMARTS) is 1. The summed E-state index contributed by atoms with van der Waals surface area (Å²) in [5.74, 6) is -0.753. The number of hydrogen-bond donors (Lipinski definition) is 2. The molecule has 2 N–H and O–H groups in total. The summed E-state index contributed by atoms with van der Waals surface area (Å²) >= 11 is 6.46. The average molecular weight is 550 g/mol. The molecule has 4 atom stereocenters. The highest BCUT2D eigenvalue weighted by molar-refractivity contribution is 6.30. The molecular formula is C29H28ClN3O6. The van der Waals surface area contributed by atoms with Crippen LogP contribution in [-0.4, -0.2) is 46.9 Å². The highest BCUT2D eigenvalue weighted by atomic mass is 35.5. The highest BCUT2D eigenvalue weighted by Crippen LogP contribution is 2.45. The van der Waals surface area contributed by atoms with E-state index in [0.717, 1.165) is 16.9 Å². The van der Waals surface area contributed by atoms with Crippen molar-refractivity contribution in [1.29, 1.82) is 0 Å². The Morgan fingerprint density at radius 1 is 1.21 bits per heavy atom. The number of allylic oxidation sites excluding steroid dienone is 2. The summed E-state index contributed by atoms with van der Waals surface area (Å²) in [5.41, 5.74) is 2.77. The monoisotopic (exact) mass is 549 g/mol. The minimum absolute atomic E-state index is 0.0437.